The zero-order valence-corrected chi connectivity index (χ0v) is 20.2. The van der Waals surface area contributed by atoms with Crippen molar-refractivity contribution < 1.29 is 28.5 Å². The summed E-state index contributed by atoms with van der Waals surface area (Å²) in [5.41, 5.74) is -0.487. The molecule has 2 amide bonds. The van der Waals surface area contributed by atoms with Crippen LogP contribution in [0, 0.1) is 5.92 Å². The van der Waals surface area contributed by atoms with Crippen molar-refractivity contribution in [3.63, 3.8) is 0 Å². The van der Waals surface area contributed by atoms with E-state index < -0.39 is 5.60 Å². The van der Waals surface area contributed by atoms with Crippen LogP contribution < -0.4 is 5.32 Å². The smallest absolute Gasteiger partial charge is 0.410 e. The Kier molecular flexibility index (Phi) is 12.3. The lowest BCUT2D eigenvalue weighted by Crippen LogP contribution is -2.45. The van der Waals surface area contributed by atoms with Crippen LogP contribution in [0.1, 0.15) is 46.5 Å². The van der Waals surface area contributed by atoms with Crippen LogP contribution in [-0.2, 0) is 23.7 Å². The molecule has 0 aromatic heterocycles. The lowest BCUT2D eigenvalue weighted by atomic mass is 9.96. The fraction of sp³-hybridized carbons (Fsp3) is 0.913. The Morgan fingerprint density at radius 1 is 0.969 bits per heavy atom. The van der Waals surface area contributed by atoms with Gasteiger partial charge >= 0.3 is 6.09 Å². The van der Waals surface area contributed by atoms with E-state index in [1.54, 1.807) is 4.90 Å². The van der Waals surface area contributed by atoms with E-state index in [0.29, 0.717) is 78.2 Å². The van der Waals surface area contributed by atoms with Gasteiger partial charge in [-0.25, -0.2) is 4.79 Å². The molecule has 0 bridgehead atoms. The average molecular weight is 458 g/mol. The van der Waals surface area contributed by atoms with Crippen molar-refractivity contribution >= 4 is 12.0 Å². The Hall–Kier alpha value is -1.42. The van der Waals surface area contributed by atoms with E-state index in [0.717, 1.165) is 32.4 Å². The van der Waals surface area contributed by atoms with Crippen LogP contribution in [0.25, 0.3) is 0 Å². The highest BCUT2D eigenvalue weighted by Crippen LogP contribution is 2.21. The van der Waals surface area contributed by atoms with Gasteiger partial charge in [0.2, 0.25) is 5.91 Å². The number of piperidine rings is 1. The average Bonchev–Trinajstić information content (AvgIpc) is 2.74. The molecule has 2 aliphatic rings. The van der Waals surface area contributed by atoms with Gasteiger partial charge in [0, 0.05) is 39.3 Å². The fourth-order valence-electron chi connectivity index (χ4n) is 3.74. The summed E-state index contributed by atoms with van der Waals surface area (Å²) in [4.78, 5) is 28.8. The molecule has 0 unspecified atom stereocenters. The minimum atomic E-state index is -0.487. The van der Waals surface area contributed by atoms with E-state index >= 15 is 0 Å². The van der Waals surface area contributed by atoms with Gasteiger partial charge in [-0.15, -0.1) is 0 Å². The molecule has 9 nitrogen and oxygen atoms in total. The number of rotatable bonds is 2. The topological polar surface area (TPSA) is 89.6 Å². The van der Waals surface area contributed by atoms with Crippen LogP contribution >= 0.6 is 0 Å². The third-order valence-electron chi connectivity index (χ3n) is 5.50. The summed E-state index contributed by atoms with van der Waals surface area (Å²) >= 11 is 0. The summed E-state index contributed by atoms with van der Waals surface area (Å²) < 4.78 is 22.3. The normalized spacial score (nSPS) is 22.4. The van der Waals surface area contributed by atoms with Gasteiger partial charge in [-0.1, -0.05) is 0 Å². The predicted octanol–water partition coefficient (Wildman–Crippen LogP) is 1.90. The Balaban J connectivity index is 1.80. The molecule has 0 radical (unpaired) electrons. The van der Waals surface area contributed by atoms with Gasteiger partial charge in [0.25, 0.3) is 0 Å². The maximum Gasteiger partial charge on any atom is 0.410 e. The molecular formula is C23H43N3O6. The minimum absolute atomic E-state index is 0.0927. The number of hydrogen-bond donors (Lipinski definition) is 1. The lowest BCUT2D eigenvalue weighted by molar-refractivity contribution is -0.134. The van der Waals surface area contributed by atoms with E-state index in [1.165, 1.54) is 0 Å². The number of nitrogens with zero attached hydrogens (tertiary/aromatic N) is 2. The number of likely N-dealkylation sites (tertiary alicyclic amines) is 1. The van der Waals surface area contributed by atoms with Crippen LogP contribution in [0.3, 0.4) is 0 Å². The molecule has 1 N–H and O–H groups in total. The maximum atomic E-state index is 12.8. The van der Waals surface area contributed by atoms with Crippen LogP contribution in [0.2, 0.25) is 0 Å². The Bertz CT molecular complexity index is 546. The summed E-state index contributed by atoms with van der Waals surface area (Å²) in [5, 5.41) is 3.33. The summed E-state index contributed by atoms with van der Waals surface area (Å²) in [5.74, 6) is 0.459. The van der Waals surface area contributed by atoms with Gasteiger partial charge in [-0.3, -0.25) is 4.79 Å². The Morgan fingerprint density at radius 2 is 1.66 bits per heavy atom. The second kappa shape index (κ2) is 14.7. The van der Waals surface area contributed by atoms with Crippen molar-refractivity contribution in [2.24, 2.45) is 5.92 Å². The van der Waals surface area contributed by atoms with Crippen molar-refractivity contribution in [3.8, 4) is 0 Å². The highest BCUT2D eigenvalue weighted by molar-refractivity contribution is 5.76. The van der Waals surface area contributed by atoms with Gasteiger partial charge in [-0.05, 0) is 52.5 Å². The maximum absolute atomic E-state index is 12.8. The molecule has 0 aromatic rings. The summed E-state index contributed by atoms with van der Waals surface area (Å²) in [6.45, 7) is 13.2. The number of hydrogen-bond acceptors (Lipinski definition) is 7. The van der Waals surface area contributed by atoms with Crippen LogP contribution in [0.5, 0.6) is 0 Å². The lowest BCUT2D eigenvalue weighted by Gasteiger charge is -2.35. The first-order valence-electron chi connectivity index (χ1n) is 12.0. The molecule has 0 spiro atoms. The monoisotopic (exact) mass is 457 g/mol. The largest absolute Gasteiger partial charge is 0.444 e. The predicted molar refractivity (Wildman–Crippen MR) is 122 cm³/mol. The number of carbonyl (C=O) groups excluding carboxylic acids is 2. The molecule has 9 heteroatoms. The first-order chi connectivity index (χ1) is 15.3. The van der Waals surface area contributed by atoms with Gasteiger partial charge in [0.1, 0.15) is 5.60 Å². The SMILES string of the molecule is CC(C)(C)OC(=O)N1CCC(CN2CCOCCCNCCOCCOCCC2=O)CC1. The minimum Gasteiger partial charge on any atom is -0.444 e. The van der Waals surface area contributed by atoms with Crippen molar-refractivity contribution in [2.45, 2.75) is 52.1 Å². The van der Waals surface area contributed by atoms with Crippen LogP contribution in [0.15, 0.2) is 0 Å². The summed E-state index contributed by atoms with van der Waals surface area (Å²) in [6, 6.07) is 0. The van der Waals surface area contributed by atoms with Gasteiger partial charge in [0.05, 0.1) is 39.5 Å². The Morgan fingerprint density at radius 3 is 2.38 bits per heavy atom. The highest BCUT2D eigenvalue weighted by Gasteiger charge is 2.28. The van der Waals surface area contributed by atoms with Gasteiger partial charge in [0.15, 0.2) is 0 Å². The molecule has 2 saturated heterocycles. The number of ether oxygens (including phenoxy) is 4. The van der Waals surface area contributed by atoms with E-state index in [9.17, 15) is 9.59 Å². The molecule has 32 heavy (non-hydrogen) atoms. The molecule has 186 valence electrons. The standard InChI is InChI=1S/C23H43N3O6/c1-23(2,3)32-22(28)25-10-5-20(6-11-25)19-26-12-16-29-13-4-8-24-9-15-31-18-17-30-14-7-21(26)27/h20,24H,4-19H2,1-3H3. The fourth-order valence-corrected chi connectivity index (χ4v) is 3.74. The van der Waals surface area contributed by atoms with Gasteiger partial charge in [-0.2, -0.15) is 0 Å². The molecule has 0 atom stereocenters. The molecule has 2 heterocycles. The van der Waals surface area contributed by atoms with E-state index in [2.05, 4.69) is 5.32 Å². The third kappa shape index (κ3) is 11.4. The van der Waals surface area contributed by atoms with Crippen molar-refractivity contribution in [1.82, 2.24) is 15.1 Å². The second-order valence-electron chi connectivity index (χ2n) is 9.44. The molecule has 0 aliphatic carbocycles. The Labute approximate surface area is 193 Å². The van der Waals surface area contributed by atoms with Gasteiger partial charge < -0.3 is 34.1 Å². The third-order valence-corrected chi connectivity index (χ3v) is 5.50. The zero-order chi connectivity index (χ0) is 23.2. The van der Waals surface area contributed by atoms with E-state index in [4.69, 9.17) is 18.9 Å². The van der Waals surface area contributed by atoms with Crippen molar-refractivity contribution in [1.29, 1.82) is 0 Å². The van der Waals surface area contributed by atoms with E-state index in [1.807, 2.05) is 25.7 Å². The zero-order valence-electron chi connectivity index (χ0n) is 20.2. The second-order valence-corrected chi connectivity index (χ2v) is 9.44. The van der Waals surface area contributed by atoms with Crippen molar-refractivity contribution in [2.75, 3.05) is 78.9 Å². The van der Waals surface area contributed by atoms with E-state index in [-0.39, 0.29) is 12.0 Å². The molecule has 0 saturated carbocycles. The summed E-state index contributed by atoms with van der Waals surface area (Å²) in [7, 11) is 0. The number of nitrogens with one attached hydrogen (secondary N) is 1. The molecule has 2 aliphatic heterocycles. The van der Waals surface area contributed by atoms with Crippen LogP contribution in [0.4, 0.5) is 4.79 Å². The first-order valence-corrected chi connectivity index (χ1v) is 12.0. The molecule has 2 fully saturated rings. The molecule has 2 rings (SSSR count). The highest BCUT2D eigenvalue weighted by atomic mass is 16.6. The number of amides is 2. The van der Waals surface area contributed by atoms with Crippen molar-refractivity contribution in [3.05, 3.63) is 0 Å². The van der Waals surface area contributed by atoms with Crippen LogP contribution in [-0.4, -0.2) is 106 Å². The summed E-state index contributed by atoms with van der Waals surface area (Å²) in [6.07, 6.45) is 2.77. The molecule has 0 aromatic carbocycles. The quantitative estimate of drug-likeness (QED) is 0.677. The molecular weight excluding hydrogens is 414 g/mol. The number of carbonyl (C=O) groups is 2. The first kappa shape index (κ1) is 26.8.